The first-order valence-electron chi connectivity index (χ1n) is 6.47. The minimum Gasteiger partial charge on any atom is -0.252 e. The summed E-state index contributed by atoms with van der Waals surface area (Å²) >= 11 is 7.38. The molecular formula is C14H14ClN5S. The molecule has 2 heterocycles. The van der Waals surface area contributed by atoms with Crippen LogP contribution in [0.4, 0.5) is 0 Å². The van der Waals surface area contributed by atoms with Crippen LogP contribution < -0.4 is 4.72 Å². The first-order chi connectivity index (χ1) is 10.1. The zero-order valence-electron chi connectivity index (χ0n) is 11.7. The van der Waals surface area contributed by atoms with E-state index in [1.165, 1.54) is 11.9 Å². The zero-order valence-corrected chi connectivity index (χ0v) is 13.2. The van der Waals surface area contributed by atoms with Gasteiger partial charge in [-0.05, 0) is 56.1 Å². The molecule has 1 aromatic carbocycles. The van der Waals surface area contributed by atoms with Crippen LogP contribution >= 0.6 is 23.5 Å². The number of halogens is 1. The minimum atomic E-state index is 0.565. The molecule has 0 aliphatic carbocycles. The van der Waals surface area contributed by atoms with Crippen molar-refractivity contribution in [3.63, 3.8) is 0 Å². The van der Waals surface area contributed by atoms with Crippen molar-refractivity contribution in [1.82, 2.24) is 24.3 Å². The van der Waals surface area contributed by atoms with Gasteiger partial charge in [-0.15, -0.1) is 5.10 Å². The molecule has 0 fully saturated rings. The highest BCUT2D eigenvalue weighted by atomic mass is 35.5. The summed E-state index contributed by atoms with van der Waals surface area (Å²) in [5.41, 5.74) is 1.98. The molecule has 21 heavy (non-hydrogen) atoms. The molecular weight excluding hydrogens is 306 g/mol. The average molecular weight is 320 g/mol. The third-order valence-corrected chi connectivity index (χ3v) is 3.94. The van der Waals surface area contributed by atoms with Gasteiger partial charge in [0.15, 0.2) is 5.82 Å². The molecule has 0 aliphatic rings. The second-order valence-electron chi connectivity index (χ2n) is 4.66. The largest absolute Gasteiger partial charge is 0.252 e. The quantitative estimate of drug-likeness (QED) is 0.748. The van der Waals surface area contributed by atoms with Gasteiger partial charge in [0.2, 0.25) is 0 Å². The molecule has 1 N–H and O–H groups in total. The standard InChI is InChI=1S/C14H14ClN5S/c1-9-7-10(2)20-14(17-9)18-13(19-20)8-16-21-12-5-3-11(15)4-6-12/h3-7,16H,8H2,1-2H3. The molecule has 3 rings (SSSR count). The summed E-state index contributed by atoms with van der Waals surface area (Å²) in [6.45, 7) is 4.52. The van der Waals surface area contributed by atoms with Crippen molar-refractivity contribution in [2.75, 3.05) is 0 Å². The second-order valence-corrected chi connectivity index (χ2v) is 6.06. The van der Waals surface area contributed by atoms with Gasteiger partial charge >= 0.3 is 0 Å². The molecule has 108 valence electrons. The zero-order chi connectivity index (χ0) is 14.8. The van der Waals surface area contributed by atoms with Crippen LogP contribution in [0.3, 0.4) is 0 Å². The highest BCUT2D eigenvalue weighted by molar-refractivity contribution is 7.97. The van der Waals surface area contributed by atoms with Crippen molar-refractivity contribution in [3.05, 3.63) is 52.6 Å². The molecule has 0 saturated carbocycles. The van der Waals surface area contributed by atoms with Gasteiger partial charge in [0.25, 0.3) is 5.78 Å². The maximum Gasteiger partial charge on any atom is 0.252 e. The number of nitrogens with one attached hydrogen (secondary N) is 1. The van der Waals surface area contributed by atoms with Crippen LogP contribution in [0.15, 0.2) is 35.2 Å². The predicted octanol–water partition coefficient (Wildman–Crippen LogP) is 3.19. The van der Waals surface area contributed by atoms with Crippen molar-refractivity contribution < 1.29 is 0 Å². The lowest BCUT2D eigenvalue weighted by molar-refractivity contribution is 0.817. The fourth-order valence-corrected chi connectivity index (χ4v) is 2.74. The number of rotatable bonds is 4. The Morgan fingerprint density at radius 3 is 2.71 bits per heavy atom. The van der Waals surface area contributed by atoms with Crippen LogP contribution in [-0.4, -0.2) is 19.6 Å². The number of aryl methyl sites for hydroxylation is 2. The molecule has 2 aromatic heterocycles. The van der Waals surface area contributed by atoms with Gasteiger partial charge in [-0.3, -0.25) is 4.72 Å². The first kappa shape index (κ1) is 14.3. The van der Waals surface area contributed by atoms with E-state index in [0.29, 0.717) is 12.3 Å². The minimum absolute atomic E-state index is 0.565. The smallest absolute Gasteiger partial charge is 0.252 e. The lowest BCUT2D eigenvalue weighted by atomic mass is 10.4. The van der Waals surface area contributed by atoms with E-state index in [9.17, 15) is 0 Å². The van der Waals surface area contributed by atoms with E-state index in [2.05, 4.69) is 19.8 Å². The van der Waals surface area contributed by atoms with Gasteiger partial charge in [0.05, 0.1) is 6.54 Å². The van der Waals surface area contributed by atoms with Crippen molar-refractivity contribution in [1.29, 1.82) is 0 Å². The molecule has 0 radical (unpaired) electrons. The second kappa shape index (κ2) is 6.01. The van der Waals surface area contributed by atoms with E-state index in [0.717, 1.165) is 27.1 Å². The van der Waals surface area contributed by atoms with Crippen LogP contribution in [0.25, 0.3) is 5.78 Å². The highest BCUT2D eigenvalue weighted by Crippen LogP contribution is 2.18. The molecule has 7 heteroatoms. The van der Waals surface area contributed by atoms with E-state index in [-0.39, 0.29) is 0 Å². The lowest BCUT2D eigenvalue weighted by Gasteiger charge is -2.01. The number of aromatic nitrogens is 4. The van der Waals surface area contributed by atoms with Crippen LogP contribution in [-0.2, 0) is 6.54 Å². The summed E-state index contributed by atoms with van der Waals surface area (Å²) in [6, 6.07) is 9.65. The molecule has 0 amide bonds. The summed E-state index contributed by atoms with van der Waals surface area (Å²) in [4.78, 5) is 9.89. The summed E-state index contributed by atoms with van der Waals surface area (Å²) in [6.07, 6.45) is 0. The summed E-state index contributed by atoms with van der Waals surface area (Å²) in [7, 11) is 0. The van der Waals surface area contributed by atoms with E-state index in [1.54, 1.807) is 4.52 Å². The SMILES string of the molecule is Cc1cc(C)n2nc(CNSc3ccc(Cl)cc3)nc2n1. The van der Waals surface area contributed by atoms with Crippen LogP contribution in [0.5, 0.6) is 0 Å². The topological polar surface area (TPSA) is 55.1 Å². The Bertz CT molecular complexity index is 769. The number of nitrogens with zero attached hydrogens (tertiary/aromatic N) is 4. The van der Waals surface area contributed by atoms with Crippen molar-refractivity contribution >= 4 is 29.3 Å². The summed E-state index contributed by atoms with van der Waals surface area (Å²) in [5.74, 6) is 1.36. The maximum absolute atomic E-state index is 5.85. The third kappa shape index (κ3) is 3.34. The Labute approximate surface area is 131 Å². The van der Waals surface area contributed by atoms with Gasteiger partial charge in [-0.25, -0.2) is 9.50 Å². The Hall–Kier alpha value is -1.63. The lowest BCUT2D eigenvalue weighted by Crippen LogP contribution is -2.05. The fourth-order valence-electron chi connectivity index (χ4n) is 1.97. The molecule has 0 atom stereocenters. The number of fused-ring (bicyclic) bond motifs is 1. The first-order valence-corrected chi connectivity index (χ1v) is 7.66. The Morgan fingerprint density at radius 1 is 1.19 bits per heavy atom. The molecule has 0 spiro atoms. The Morgan fingerprint density at radius 2 is 1.95 bits per heavy atom. The van der Waals surface area contributed by atoms with Gasteiger partial charge in [-0.2, -0.15) is 4.98 Å². The van der Waals surface area contributed by atoms with Gasteiger partial charge in [-0.1, -0.05) is 11.6 Å². The number of benzene rings is 1. The summed E-state index contributed by atoms with van der Waals surface area (Å²) < 4.78 is 5.00. The average Bonchev–Trinajstić information content (AvgIpc) is 2.84. The summed E-state index contributed by atoms with van der Waals surface area (Å²) in [5, 5.41) is 5.18. The molecule has 5 nitrogen and oxygen atoms in total. The fraction of sp³-hybridized carbons (Fsp3) is 0.214. The van der Waals surface area contributed by atoms with E-state index >= 15 is 0 Å². The van der Waals surface area contributed by atoms with Gasteiger partial charge in [0, 0.05) is 21.3 Å². The molecule has 0 bridgehead atoms. The molecule has 0 unspecified atom stereocenters. The Balaban J connectivity index is 1.68. The highest BCUT2D eigenvalue weighted by Gasteiger charge is 2.07. The van der Waals surface area contributed by atoms with Gasteiger partial charge in [0.1, 0.15) is 0 Å². The maximum atomic E-state index is 5.85. The van der Waals surface area contributed by atoms with Crippen molar-refractivity contribution in [3.8, 4) is 0 Å². The van der Waals surface area contributed by atoms with E-state index in [4.69, 9.17) is 11.6 Å². The third-order valence-electron chi connectivity index (χ3n) is 2.90. The predicted molar refractivity (Wildman–Crippen MR) is 84.4 cm³/mol. The normalized spacial score (nSPS) is 11.2. The van der Waals surface area contributed by atoms with Crippen LogP contribution in [0, 0.1) is 13.8 Å². The van der Waals surface area contributed by atoms with E-state index in [1.807, 2.05) is 44.2 Å². The molecule has 0 aliphatic heterocycles. The van der Waals surface area contributed by atoms with Gasteiger partial charge < -0.3 is 0 Å². The number of hydrogen-bond acceptors (Lipinski definition) is 5. The molecule has 0 saturated heterocycles. The van der Waals surface area contributed by atoms with Crippen LogP contribution in [0.1, 0.15) is 17.2 Å². The van der Waals surface area contributed by atoms with Crippen molar-refractivity contribution in [2.24, 2.45) is 0 Å². The monoisotopic (exact) mass is 319 g/mol. The van der Waals surface area contributed by atoms with E-state index < -0.39 is 0 Å². The number of hydrogen-bond donors (Lipinski definition) is 1. The van der Waals surface area contributed by atoms with Crippen molar-refractivity contribution in [2.45, 2.75) is 25.3 Å². The molecule has 3 aromatic rings. The Kier molecular flexibility index (Phi) is 4.10. The van der Waals surface area contributed by atoms with Crippen LogP contribution in [0.2, 0.25) is 5.02 Å².